The topological polar surface area (TPSA) is 114 Å². The van der Waals surface area contributed by atoms with Crippen LogP contribution in [0.25, 0.3) is 22.3 Å². The smallest absolute Gasteiger partial charge is 0.228 e. The maximum Gasteiger partial charge on any atom is 0.228 e. The molecule has 11 heteroatoms. The number of anilines is 1. The summed E-state index contributed by atoms with van der Waals surface area (Å²) in [6.07, 6.45) is 3.67. The standard InChI is InChI=1S/C21H26N6O4S/c1-32(29,30)26-6-5-17(13-26)27-20-18(12-22-27)19(16-4-2-3-15(11-16)14-28)23-21(24-20)25-7-9-31-10-8-25/h2-4,11-12,17,28H,5-10,13-14H2,1H3. The Balaban J connectivity index is 1.63. The molecule has 1 N–H and O–H groups in total. The number of hydrogen-bond acceptors (Lipinski definition) is 8. The molecule has 0 radical (unpaired) electrons. The quantitative estimate of drug-likeness (QED) is 0.603. The summed E-state index contributed by atoms with van der Waals surface area (Å²) in [7, 11) is -3.25. The van der Waals surface area contributed by atoms with Crippen molar-refractivity contribution >= 4 is 27.0 Å². The van der Waals surface area contributed by atoms with E-state index < -0.39 is 10.0 Å². The molecule has 2 aromatic heterocycles. The number of sulfonamides is 1. The Morgan fingerprint density at radius 1 is 1.19 bits per heavy atom. The second-order valence-corrected chi connectivity index (χ2v) is 10.2. The van der Waals surface area contributed by atoms with Crippen molar-refractivity contribution in [1.29, 1.82) is 0 Å². The minimum absolute atomic E-state index is 0.0545. The van der Waals surface area contributed by atoms with Crippen LogP contribution in [0.5, 0.6) is 0 Å². The van der Waals surface area contributed by atoms with E-state index >= 15 is 0 Å². The zero-order valence-corrected chi connectivity index (χ0v) is 18.7. The van der Waals surface area contributed by atoms with E-state index in [2.05, 4.69) is 10.00 Å². The molecule has 2 aliphatic heterocycles. The van der Waals surface area contributed by atoms with Crippen molar-refractivity contribution in [3.8, 4) is 11.3 Å². The van der Waals surface area contributed by atoms with Gasteiger partial charge >= 0.3 is 0 Å². The largest absolute Gasteiger partial charge is 0.392 e. The fourth-order valence-corrected chi connectivity index (χ4v) is 5.21. The van der Waals surface area contributed by atoms with Crippen molar-refractivity contribution in [1.82, 2.24) is 24.1 Å². The summed E-state index contributed by atoms with van der Waals surface area (Å²) in [6.45, 7) is 3.41. The number of hydrogen-bond donors (Lipinski definition) is 1. The van der Waals surface area contributed by atoms with Gasteiger partial charge in [-0.2, -0.15) is 14.4 Å². The van der Waals surface area contributed by atoms with Crippen LogP contribution in [0.2, 0.25) is 0 Å². The molecule has 32 heavy (non-hydrogen) atoms. The number of rotatable bonds is 5. The van der Waals surface area contributed by atoms with Crippen molar-refractivity contribution in [2.45, 2.75) is 19.1 Å². The Morgan fingerprint density at radius 3 is 2.72 bits per heavy atom. The van der Waals surface area contributed by atoms with Crippen molar-refractivity contribution in [3.63, 3.8) is 0 Å². The second-order valence-electron chi connectivity index (χ2n) is 8.22. The summed E-state index contributed by atoms with van der Waals surface area (Å²) in [5, 5.41) is 15.0. The molecule has 10 nitrogen and oxygen atoms in total. The van der Waals surface area contributed by atoms with Gasteiger partial charge in [-0.1, -0.05) is 18.2 Å². The average Bonchev–Trinajstić information content (AvgIpc) is 3.46. The number of morpholine rings is 1. The van der Waals surface area contributed by atoms with Gasteiger partial charge in [0.1, 0.15) is 0 Å². The van der Waals surface area contributed by atoms with Crippen molar-refractivity contribution in [2.75, 3.05) is 50.5 Å². The highest BCUT2D eigenvalue weighted by Crippen LogP contribution is 2.32. The molecule has 0 bridgehead atoms. The number of nitrogens with zero attached hydrogens (tertiary/aromatic N) is 6. The Labute approximate surface area is 186 Å². The molecule has 1 aromatic carbocycles. The second kappa shape index (κ2) is 8.39. The minimum Gasteiger partial charge on any atom is -0.392 e. The van der Waals surface area contributed by atoms with Gasteiger partial charge in [0.2, 0.25) is 16.0 Å². The molecule has 1 unspecified atom stereocenters. The molecular formula is C21H26N6O4S. The molecule has 3 aromatic rings. The Bertz CT molecular complexity index is 1240. The number of benzene rings is 1. The summed E-state index contributed by atoms with van der Waals surface area (Å²) >= 11 is 0. The zero-order chi connectivity index (χ0) is 22.3. The molecule has 5 rings (SSSR count). The fourth-order valence-electron chi connectivity index (χ4n) is 4.33. The third-order valence-corrected chi connectivity index (χ3v) is 7.33. The van der Waals surface area contributed by atoms with E-state index in [1.165, 1.54) is 10.6 Å². The van der Waals surface area contributed by atoms with Crippen LogP contribution in [-0.2, 0) is 21.4 Å². The highest BCUT2D eigenvalue weighted by atomic mass is 32.2. The third-order valence-electron chi connectivity index (χ3n) is 6.06. The maximum atomic E-state index is 12.0. The molecule has 1 atom stereocenters. The van der Waals surface area contributed by atoms with Gasteiger partial charge in [-0.15, -0.1) is 0 Å². The van der Waals surface area contributed by atoms with E-state index in [9.17, 15) is 13.5 Å². The molecule has 0 amide bonds. The number of ether oxygens (including phenoxy) is 1. The molecule has 0 aliphatic carbocycles. The van der Waals surface area contributed by atoms with Crippen molar-refractivity contribution < 1.29 is 18.3 Å². The molecule has 0 spiro atoms. The first-order chi connectivity index (χ1) is 15.4. The predicted molar refractivity (Wildman–Crippen MR) is 120 cm³/mol. The number of fused-ring (bicyclic) bond motifs is 1. The van der Waals surface area contributed by atoms with Crippen LogP contribution in [0.3, 0.4) is 0 Å². The number of aliphatic hydroxyl groups is 1. The summed E-state index contributed by atoms with van der Waals surface area (Å²) in [5.41, 5.74) is 3.11. The lowest BCUT2D eigenvalue weighted by molar-refractivity contribution is 0.122. The Morgan fingerprint density at radius 2 is 2.00 bits per heavy atom. The molecule has 4 heterocycles. The van der Waals surface area contributed by atoms with Crippen molar-refractivity contribution in [3.05, 3.63) is 36.0 Å². The summed E-state index contributed by atoms with van der Waals surface area (Å²) in [4.78, 5) is 11.8. The van der Waals surface area contributed by atoms with E-state index in [0.717, 1.165) is 22.2 Å². The monoisotopic (exact) mass is 458 g/mol. The van der Waals surface area contributed by atoms with E-state index in [1.54, 1.807) is 6.20 Å². The van der Waals surface area contributed by atoms with Gasteiger partial charge in [-0.05, 0) is 18.1 Å². The number of aliphatic hydroxyl groups excluding tert-OH is 1. The van der Waals surface area contributed by atoms with Crippen LogP contribution >= 0.6 is 0 Å². The molecule has 2 saturated heterocycles. The van der Waals surface area contributed by atoms with E-state index in [4.69, 9.17) is 14.7 Å². The van der Waals surface area contributed by atoms with Crippen LogP contribution in [0.15, 0.2) is 30.5 Å². The van der Waals surface area contributed by atoms with Gasteiger partial charge in [-0.3, -0.25) is 0 Å². The first kappa shape index (κ1) is 21.3. The Hall–Kier alpha value is -2.60. The van der Waals surface area contributed by atoms with Crippen LogP contribution in [0, 0.1) is 0 Å². The summed E-state index contributed by atoms with van der Waals surface area (Å²) in [6, 6.07) is 7.55. The molecular weight excluding hydrogens is 432 g/mol. The lowest BCUT2D eigenvalue weighted by atomic mass is 10.1. The van der Waals surface area contributed by atoms with Crippen molar-refractivity contribution in [2.24, 2.45) is 0 Å². The third kappa shape index (κ3) is 3.96. The highest BCUT2D eigenvalue weighted by Gasteiger charge is 2.32. The predicted octanol–water partition coefficient (Wildman–Crippen LogP) is 1.03. The van der Waals surface area contributed by atoms with Crippen LogP contribution in [-0.4, -0.2) is 83.2 Å². The van der Waals surface area contributed by atoms with Gasteiger partial charge in [0, 0.05) is 31.7 Å². The van der Waals surface area contributed by atoms with Crippen LogP contribution in [0.4, 0.5) is 5.95 Å². The SMILES string of the molecule is CS(=O)(=O)N1CCC(n2ncc3c(-c4cccc(CO)c4)nc(N4CCOCC4)nc32)C1. The van der Waals surface area contributed by atoms with Crippen LogP contribution < -0.4 is 4.90 Å². The lowest BCUT2D eigenvalue weighted by Crippen LogP contribution is -2.37. The van der Waals surface area contributed by atoms with E-state index in [-0.39, 0.29) is 12.6 Å². The summed E-state index contributed by atoms with van der Waals surface area (Å²) in [5.74, 6) is 0.602. The summed E-state index contributed by atoms with van der Waals surface area (Å²) < 4.78 is 32.8. The highest BCUT2D eigenvalue weighted by molar-refractivity contribution is 7.88. The first-order valence-electron chi connectivity index (χ1n) is 10.7. The van der Waals surface area contributed by atoms with Gasteiger partial charge in [0.25, 0.3) is 0 Å². The normalized spacial score (nSPS) is 20.3. The van der Waals surface area contributed by atoms with Gasteiger partial charge in [-0.25, -0.2) is 18.1 Å². The average molecular weight is 459 g/mol. The van der Waals surface area contributed by atoms with E-state index in [1.807, 2.05) is 28.9 Å². The van der Waals surface area contributed by atoms with Gasteiger partial charge in [0.15, 0.2) is 5.65 Å². The molecule has 170 valence electrons. The molecule has 0 saturated carbocycles. The zero-order valence-electron chi connectivity index (χ0n) is 17.9. The van der Waals surface area contributed by atoms with Gasteiger partial charge in [0.05, 0.1) is 49.4 Å². The molecule has 2 fully saturated rings. The molecule has 2 aliphatic rings. The van der Waals surface area contributed by atoms with Gasteiger partial charge < -0.3 is 14.7 Å². The fraction of sp³-hybridized carbons (Fsp3) is 0.476. The van der Waals surface area contributed by atoms with Crippen LogP contribution in [0.1, 0.15) is 18.0 Å². The lowest BCUT2D eigenvalue weighted by Gasteiger charge is -2.27. The minimum atomic E-state index is -3.25. The first-order valence-corrected chi connectivity index (χ1v) is 12.5. The number of aromatic nitrogens is 4. The Kier molecular flexibility index (Phi) is 5.58. The van der Waals surface area contributed by atoms with E-state index in [0.29, 0.717) is 57.4 Å². The maximum absolute atomic E-state index is 12.0.